The summed E-state index contributed by atoms with van der Waals surface area (Å²) in [6.07, 6.45) is 1.41. The Balaban J connectivity index is 1.89. The molecule has 116 valence electrons. The van der Waals surface area contributed by atoms with Crippen molar-refractivity contribution in [3.8, 4) is 5.88 Å². The zero-order valence-electron chi connectivity index (χ0n) is 11.3. The molecular formula is C14H12F3N3O2. The largest absolute Gasteiger partial charge is 0.446 e. The second kappa shape index (κ2) is 7.30. The minimum Gasteiger partial charge on any atom is -0.446 e. The molecule has 0 bridgehead atoms. The zero-order valence-corrected chi connectivity index (χ0v) is 11.3. The van der Waals surface area contributed by atoms with Crippen LogP contribution in [0.25, 0.3) is 0 Å². The van der Waals surface area contributed by atoms with Crippen molar-refractivity contribution < 1.29 is 22.7 Å². The molecular weight excluding hydrogens is 299 g/mol. The third-order valence-electron chi connectivity index (χ3n) is 2.63. The SMILES string of the molecule is O=C(NCc1ccnc(OCF)c1)Nc1ccc(F)c(F)c1. The first-order valence-corrected chi connectivity index (χ1v) is 6.22. The summed E-state index contributed by atoms with van der Waals surface area (Å²) < 4.78 is 42.4. The Morgan fingerprint density at radius 3 is 2.73 bits per heavy atom. The molecule has 2 rings (SSSR count). The van der Waals surface area contributed by atoms with Gasteiger partial charge in [-0.05, 0) is 23.8 Å². The maximum atomic E-state index is 13.0. The third-order valence-corrected chi connectivity index (χ3v) is 2.63. The fourth-order valence-corrected chi connectivity index (χ4v) is 1.63. The van der Waals surface area contributed by atoms with E-state index in [0.717, 1.165) is 12.1 Å². The van der Waals surface area contributed by atoms with Crippen LogP contribution in [0.3, 0.4) is 0 Å². The summed E-state index contributed by atoms with van der Waals surface area (Å²) in [6, 6.07) is 5.50. The average molecular weight is 311 g/mol. The van der Waals surface area contributed by atoms with Gasteiger partial charge in [0.05, 0.1) is 0 Å². The van der Waals surface area contributed by atoms with E-state index in [2.05, 4.69) is 20.4 Å². The van der Waals surface area contributed by atoms with E-state index in [9.17, 15) is 18.0 Å². The van der Waals surface area contributed by atoms with Crippen LogP contribution in [0.5, 0.6) is 5.88 Å². The summed E-state index contributed by atoms with van der Waals surface area (Å²) in [5, 5.41) is 4.86. The number of amides is 2. The van der Waals surface area contributed by atoms with Crippen LogP contribution in [0.15, 0.2) is 36.5 Å². The molecule has 0 spiro atoms. The number of nitrogens with zero attached hydrogens (tertiary/aromatic N) is 1. The molecule has 1 heterocycles. The van der Waals surface area contributed by atoms with Gasteiger partial charge in [0.2, 0.25) is 12.7 Å². The van der Waals surface area contributed by atoms with Crippen LogP contribution in [0.2, 0.25) is 0 Å². The van der Waals surface area contributed by atoms with E-state index in [1.807, 2.05) is 0 Å². The normalized spacial score (nSPS) is 10.1. The van der Waals surface area contributed by atoms with Gasteiger partial charge >= 0.3 is 6.03 Å². The zero-order chi connectivity index (χ0) is 15.9. The highest BCUT2D eigenvalue weighted by atomic mass is 19.2. The second-order valence-corrected chi connectivity index (χ2v) is 4.19. The summed E-state index contributed by atoms with van der Waals surface area (Å²) in [5.74, 6) is -1.95. The van der Waals surface area contributed by atoms with Gasteiger partial charge in [0.25, 0.3) is 0 Å². The van der Waals surface area contributed by atoms with Gasteiger partial charge in [-0.2, -0.15) is 0 Å². The van der Waals surface area contributed by atoms with Crippen LogP contribution in [0, 0.1) is 11.6 Å². The molecule has 0 atom stereocenters. The summed E-state index contributed by atoms with van der Waals surface area (Å²) in [6.45, 7) is -0.874. The van der Waals surface area contributed by atoms with Gasteiger partial charge in [-0.3, -0.25) is 0 Å². The maximum Gasteiger partial charge on any atom is 0.319 e. The van der Waals surface area contributed by atoms with E-state index in [4.69, 9.17) is 0 Å². The smallest absolute Gasteiger partial charge is 0.319 e. The van der Waals surface area contributed by atoms with Crippen LogP contribution >= 0.6 is 0 Å². The molecule has 1 aromatic carbocycles. The molecule has 0 fully saturated rings. The summed E-state index contributed by atoms with van der Waals surface area (Å²) in [4.78, 5) is 15.4. The number of aromatic nitrogens is 1. The predicted octanol–water partition coefficient (Wildman–Crippen LogP) is 2.99. The van der Waals surface area contributed by atoms with E-state index >= 15 is 0 Å². The Hall–Kier alpha value is -2.77. The fraction of sp³-hybridized carbons (Fsp3) is 0.143. The van der Waals surface area contributed by atoms with E-state index in [0.29, 0.717) is 5.56 Å². The molecule has 0 radical (unpaired) electrons. The molecule has 1 aromatic heterocycles. The van der Waals surface area contributed by atoms with Crippen LogP contribution in [0.1, 0.15) is 5.56 Å². The van der Waals surface area contributed by atoms with Crippen molar-refractivity contribution in [2.24, 2.45) is 0 Å². The minimum atomic E-state index is -1.06. The molecule has 22 heavy (non-hydrogen) atoms. The van der Waals surface area contributed by atoms with E-state index in [1.54, 1.807) is 6.07 Å². The van der Waals surface area contributed by atoms with Crippen LogP contribution in [0.4, 0.5) is 23.7 Å². The van der Waals surface area contributed by atoms with Crippen LogP contribution in [-0.4, -0.2) is 17.9 Å². The third kappa shape index (κ3) is 4.37. The molecule has 0 aliphatic rings. The van der Waals surface area contributed by atoms with Gasteiger partial charge in [0, 0.05) is 30.6 Å². The number of hydrogen-bond donors (Lipinski definition) is 2. The first kappa shape index (κ1) is 15.6. The molecule has 5 nitrogen and oxygen atoms in total. The first-order valence-electron chi connectivity index (χ1n) is 6.22. The number of hydrogen-bond acceptors (Lipinski definition) is 3. The van der Waals surface area contributed by atoms with Gasteiger partial charge in [-0.15, -0.1) is 0 Å². The van der Waals surface area contributed by atoms with Crippen LogP contribution in [-0.2, 0) is 6.54 Å². The predicted molar refractivity (Wildman–Crippen MR) is 73.1 cm³/mol. The summed E-state index contributed by atoms with van der Waals surface area (Å²) in [5.41, 5.74) is 0.756. The Morgan fingerprint density at radius 2 is 2.00 bits per heavy atom. The molecule has 0 aliphatic carbocycles. The average Bonchev–Trinajstić information content (AvgIpc) is 2.50. The molecule has 0 saturated heterocycles. The number of ether oxygens (including phenoxy) is 1. The van der Waals surface area contributed by atoms with Crippen molar-refractivity contribution in [1.82, 2.24) is 10.3 Å². The number of nitrogens with one attached hydrogen (secondary N) is 2. The van der Waals surface area contributed by atoms with Gasteiger partial charge in [-0.1, -0.05) is 0 Å². The second-order valence-electron chi connectivity index (χ2n) is 4.19. The lowest BCUT2D eigenvalue weighted by molar-refractivity contribution is 0.184. The van der Waals surface area contributed by atoms with E-state index in [-0.39, 0.29) is 18.1 Å². The van der Waals surface area contributed by atoms with Crippen molar-refractivity contribution in [3.63, 3.8) is 0 Å². The number of anilines is 1. The number of carbonyl (C=O) groups excluding carboxylic acids is 1. The minimum absolute atomic E-state index is 0.0998. The van der Waals surface area contributed by atoms with E-state index < -0.39 is 24.5 Å². The highest BCUT2D eigenvalue weighted by Crippen LogP contribution is 2.13. The van der Waals surface area contributed by atoms with Gasteiger partial charge < -0.3 is 15.4 Å². The Bertz CT molecular complexity index is 668. The Labute approximate surface area is 124 Å². The number of halogens is 3. The fourth-order valence-electron chi connectivity index (χ4n) is 1.63. The quantitative estimate of drug-likeness (QED) is 0.892. The lowest BCUT2D eigenvalue weighted by atomic mass is 10.2. The van der Waals surface area contributed by atoms with Crippen molar-refractivity contribution >= 4 is 11.7 Å². The van der Waals surface area contributed by atoms with Crippen molar-refractivity contribution in [1.29, 1.82) is 0 Å². The van der Waals surface area contributed by atoms with Gasteiger partial charge in [0.15, 0.2) is 11.6 Å². The molecule has 8 heteroatoms. The maximum absolute atomic E-state index is 13.0. The molecule has 2 amide bonds. The molecule has 2 N–H and O–H groups in total. The summed E-state index contributed by atoms with van der Waals surface area (Å²) >= 11 is 0. The molecule has 0 unspecified atom stereocenters. The monoisotopic (exact) mass is 311 g/mol. The highest BCUT2D eigenvalue weighted by Gasteiger charge is 2.06. The number of alkyl halides is 1. The van der Waals surface area contributed by atoms with E-state index in [1.165, 1.54) is 18.3 Å². The Kier molecular flexibility index (Phi) is 5.18. The lowest BCUT2D eigenvalue weighted by Crippen LogP contribution is -2.28. The van der Waals surface area contributed by atoms with Gasteiger partial charge in [0.1, 0.15) is 0 Å². The summed E-state index contributed by atoms with van der Waals surface area (Å²) in [7, 11) is 0. The topological polar surface area (TPSA) is 63.2 Å². The number of urea groups is 1. The first-order chi connectivity index (χ1) is 10.6. The Morgan fingerprint density at radius 1 is 1.18 bits per heavy atom. The molecule has 0 saturated carbocycles. The lowest BCUT2D eigenvalue weighted by Gasteiger charge is -2.08. The van der Waals surface area contributed by atoms with Crippen molar-refractivity contribution in [2.45, 2.75) is 6.54 Å². The highest BCUT2D eigenvalue weighted by molar-refractivity contribution is 5.89. The number of pyridine rings is 1. The number of rotatable bonds is 5. The molecule has 0 aliphatic heterocycles. The van der Waals surface area contributed by atoms with Crippen LogP contribution < -0.4 is 15.4 Å². The number of benzene rings is 1. The number of carbonyl (C=O) groups is 1. The van der Waals surface area contributed by atoms with Gasteiger partial charge in [-0.25, -0.2) is 22.9 Å². The molecule has 2 aromatic rings. The van der Waals surface area contributed by atoms with Crippen molar-refractivity contribution in [3.05, 3.63) is 53.7 Å². The van der Waals surface area contributed by atoms with Crippen molar-refractivity contribution in [2.75, 3.05) is 12.2 Å². The standard InChI is InChI=1S/C14H12F3N3O2/c15-8-22-13-5-9(3-4-18-13)7-19-14(21)20-10-1-2-11(16)12(17)6-10/h1-6H,7-8H2,(H2,19,20,21).